The molecule has 0 aromatic carbocycles. The van der Waals surface area contributed by atoms with Crippen LogP contribution in [-0.4, -0.2) is 40.8 Å². The molecule has 4 rings (SSSR count). The average Bonchev–Trinajstić information content (AvgIpc) is 3.07. The van der Waals surface area contributed by atoms with Crippen LogP contribution in [0.15, 0.2) is 11.6 Å². The molecule has 0 aliphatic heterocycles. The monoisotopic (exact) mass is 350 g/mol. The molecule has 5 heteroatoms. The standard InChI is InChI=1S/C20H26O5/c21-9-18(25)16-6-5-15-14-3-1-11-7-12(23)2-4-13(11)19(14)17(24)8-20(15,16)10-22/h7,10,13-17,19,21,24H,1-6,8-9H2/t13-,14-,15-,16+,17-,19+,20+/m0/s1/i8D2,13D,17D. The number of ketones is 2. The maximum Gasteiger partial charge on any atom is 0.162 e. The first-order valence-electron chi connectivity index (χ1n) is 11.0. The second-order valence-electron chi connectivity index (χ2n) is 7.76. The summed E-state index contributed by atoms with van der Waals surface area (Å²) in [6.07, 6.45) is -2.18. The smallest absolute Gasteiger partial charge is 0.162 e. The Labute approximate surface area is 153 Å². The number of allylic oxidation sites excluding steroid dienone is 1. The minimum atomic E-state index is -2.80. The minimum absolute atomic E-state index is 0.102. The third-order valence-electron chi connectivity index (χ3n) is 6.79. The molecule has 25 heavy (non-hydrogen) atoms. The van der Waals surface area contributed by atoms with E-state index in [2.05, 4.69) is 0 Å². The van der Waals surface area contributed by atoms with E-state index in [-0.39, 0.29) is 25.0 Å². The Hall–Kier alpha value is -1.33. The highest BCUT2D eigenvalue weighted by molar-refractivity contribution is 5.91. The predicted octanol–water partition coefficient (Wildman–Crippen LogP) is 1.46. The van der Waals surface area contributed by atoms with Gasteiger partial charge in [-0.3, -0.25) is 9.59 Å². The number of hydrogen-bond donors (Lipinski definition) is 2. The zero-order valence-electron chi connectivity index (χ0n) is 18.0. The Kier molecular flexibility index (Phi) is 3.17. The quantitative estimate of drug-likeness (QED) is 0.752. The largest absolute Gasteiger partial charge is 0.393 e. The molecule has 2 N–H and O–H groups in total. The number of carbonyl (C=O) groups is 3. The topological polar surface area (TPSA) is 91.7 Å². The van der Waals surface area contributed by atoms with Gasteiger partial charge in [-0.15, -0.1) is 0 Å². The van der Waals surface area contributed by atoms with Crippen LogP contribution in [-0.2, 0) is 14.4 Å². The van der Waals surface area contributed by atoms with E-state index >= 15 is 0 Å². The van der Waals surface area contributed by atoms with Crippen molar-refractivity contribution in [3.8, 4) is 0 Å². The first-order chi connectivity index (χ1) is 13.5. The van der Waals surface area contributed by atoms with Crippen LogP contribution in [0.3, 0.4) is 0 Å². The van der Waals surface area contributed by atoms with Crippen molar-refractivity contribution in [3.05, 3.63) is 11.6 Å². The van der Waals surface area contributed by atoms with Gasteiger partial charge in [-0.25, -0.2) is 0 Å². The molecule has 0 unspecified atom stereocenters. The second kappa shape index (κ2) is 6.13. The summed E-state index contributed by atoms with van der Waals surface area (Å²) in [5.74, 6) is -5.52. The fourth-order valence-corrected chi connectivity index (χ4v) is 5.78. The van der Waals surface area contributed by atoms with E-state index in [1.165, 1.54) is 6.08 Å². The Balaban J connectivity index is 1.91. The Bertz CT molecular complexity index is 809. The van der Waals surface area contributed by atoms with E-state index < -0.39 is 59.8 Å². The summed E-state index contributed by atoms with van der Waals surface area (Å²) in [6, 6.07) is 0. The molecule has 0 spiro atoms. The van der Waals surface area contributed by atoms with Crippen LogP contribution < -0.4 is 0 Å². The summed E-state index contributed by atoms with van der Waals surface area (Å²) >= 11 is 0. The maximum absolute atomic E-state index is 12.4. The van der Waals surface area contributed by atoms with Gasteiger partial charge >= 0.3 is 0 Å². The minimum Gasteiger partial charge on any atom is -0.393 e. The van der Waals surface area contributed by atoms with Crippen LogP contribution in [0.25, 0.3) is 0 Å². The van der Waals surface area contributed by atoms with Crippen molar-refractivity contribution in [2.75, 3.05) is 6.61 Å². The van der Waals surface area contributed by atoms with Crippen molar-refractivity contribution in [2.24, 2.45) is 35.0 Å². The van der Waals surface area contributed by atoms with E-state index in [1.807, 2.05) is 0 Å². The van der Waals surface area contributed by atoms with E-state index in [4.69, 9.17) is 5.48 Å². The van der Waals surface area contributed by atoms with Crippen LogP contribution in [0, 0.1) is 35.0 Å². The van der Waals surface area contributed by atoms with Gasteiger partial charge in [0.25, 0.3) is 0 Å². The lowest BCUT2D eigenvalue weighted by atomic mass is 9.50. The van der Waals surface area contributed by atoms with Gasteiger partial charge in [-0.1, -0.05) is 5.57 Å². The molecule has 0 aromatic heterocycles. The lowest BCUT2D eigenvalue weighted by molar-refractivity contribution is -0.150. The summed E-state index contributed by atoms with van der Waals surface area (Å²) in [7, 11) is 0. The van der Waals surface area contributed by atoms with E-state index in [9.17, 15) is 24.6 Å². The molecule has 0 bridgehead atoms. The van der Waals surface area contributed by atoms with Crippen molar-refractivity contribution >= 4 is 17.9 Å². The number of fused-ring (bicyclic) bond motifs is 5. The number of Topliss-reactive ketones (excluding diaryl/α,β-unsaturated/α-hetero) is 1. The molecule has 0 heterocycles. The maximum atomic E-state index is 12.4. The number of aliphatic hydroxyl groups is 2. The zero-order valence-corrected chi connectivity index (χ0v) is 14.0. The third kappa shape index (κ3) is 2.39. The van der Waals surface area contributed by atoms with Crippen LogP contribution in [0.2, 0.25) is 0 Å². The molecule has 3 saturated carbocycles. The van der Waals surface area contributed by atoms with Crippen molar-refractivity contribution in [1.29, 1.82) is 0 Å². The Morgan fingerprint density at radius 3 is 2.88 bits per heavy atom. The summed E-state index contributed by atoms with van der Waals surface area (Å²) in [5.41, 5.74) is -1.39. The van der Waals surface area contributed by atoms with Crippen molar-refractivity contribution in [1.82, 2.24) is 0 Å². The molecule has 4 aliphatic carbocycles. The fraction of sp³-hybridized carbons (Fsp3) is 0.750. The molecular weight excluding hydrogens is 320 g/mol. The number of rotatable bonds is 3. The molecule has 0 aromatic rings. The first kappa shape index (κ1) is 12.9. The van der Waals surface area contributed by atoms with Gasteiger partial charge in [0, 0.05) is 21.9 Å². The van der Waals surface area contributed by atoms with E-state index in [0.29, 0.717) is 31.1 Å². The fourth-order valence-electron chi connectivity index (χ4n) is 5.78. The first-order valence-corrected chi connectivity index (χ1v) is 9.05. The number of carbonyl (C=O) groups excluding carboxylic acids is 3. The molecule has 7 atom stereocenters. The van der Waals surface area contributed by atoms with Crippen molar-refractivity contribution < 1.29 is 30.1 Å². The van der Waals surface area contributed by atoms with E-state index in [0.717, 1.165) is 0 Å². The Morgan fingerprint density at radius 1 is 1.36 bits per heavy atom. The normalized spacial score (nSPS) is 56.1. The molecule has 3 fully saturated rings. The highest BCUT2D eigenvalue weighted by Gasteiger charge is 2.62. The molecule has 4 aliphatic rings. The van der Waals surface area contributed by atoms with Crippen molar-refractivity contribution in [2.45, 2.75) is 51.0 Å². The van der Waals surface area contributed by atoms with Crippen LogP contribution in [0.4, 0.5) is 0 Å². The van der Waals surface area contributed by atoms with Crippen LogP contribution in [0.1, 0.15) is 50.4 Å². The molecular formula is C20H26O5. The average molecular weight is 350 g/mol. The van der Waals surface area contributed by atoms with Crippen LogP contribution >= 0.6 is 0 Å². The van der Waals surface area contributed by atoms with Crippen molar-refractivity contribution in [3.63, 3.8) is 0 Å². The summed E-state index contributed by atoms with van der Waals surface area (Å²) in [6.45, 7) is -0.828. The molecule has 136 valence electrons. The van der Waals surface area contributed by atoms with Gasteiger partial charge in [0.15, 0.2) is 11.6 Å². The van der Waals surface area contributed by atoms with Gasteiger partial charge in [-0.2, -0.15) is 0 Å². The SMILES string of the molecule is [2H]C1([2H])[C@]2(C=O)[C@@H](C(=O)CO)CC[C@H]2[C@@H]2CCC3=CC(=O)CC[C@]3([2H])[C@H]2[C@@]1([2H])O. The van der Waals surface area contributed by atoms with Gasteiger partial charge in [0.1, 0.15) is 12.9 Å². The summed E-state index contributed by atoms with van der Waals surface area (Å²) in [5, 5.41) is 20.7. The van der Waals surface area contributed by atoms with Gasteiger partial charge in [-0.05, 0) is 68.2 Å². The zero-order chi connectivity index (χ0) is 21.4. The number of aldehydes is 1. The second-order valence-corrected chi connectivity index (χ2v) is 7.76. The molecule has 5 nitrogen and oxygen atoms in total. The summed E-state index contributed by atoms with van der Waals surface area (Å²) in [4.78, 5) is 36.7. The van der Waals surface area contributed by atoms with Gasteiger partial charge in [0.05, 0.1) is 7.45 Å². The Morgan fingerprint density at radius 2 is 2.16 bits per heavy atom. The van der Waals surface area contributed by atoms with Crippen LogP contribution in [0.5, 0.6) is 0 Å². The highest BCUT2D eigenvalue weighted by atomic mass is 16.3. The van der Waals surface area contributed by atoms with E-state index in [1.54, 1.807) is 0 Å². The highest BCUT2D eigenvalue weighted by Crippen LogP contribution is 2.63. The van der Waals surface area contributed by atoms with Gasteiger partial charge < -0.3 is 15.0 Å². The lowest BCUT2D eigenvalue weighted by Crippen LogP contribution is -2.55. The predicted molar refractivity (Wildman–Crippen MR) is 89.5 cm³/mol. The summed E-state index contributed by atoms with van der Waals surface area (Å²) < 4.78 is 35.3. The van der Waals surface area contributed by atoms with Gasteiger partial charge in [0.2, 0.25) is 0 Å². The third-order valence-corrected chi connectivity index (χ3v) is 6.79. The molecule has 0 saturated heterocycles. The number of aliphatic hydroxyl groups excluding tert-OH is 1. The molecule has 0 amide bonds. The lowest BCUT2D eigenvalue weighted by Gasteiger charge is -2.55. The number of hydrogen-bond acceptors (Lipinski definition) is 5. The molecule has 0 radical (unpaired) electrons.